The minimum atomic E-state index is -0.445. The first kappa shape index (κ1) is 21.0. The van der Waals surface area contributed by atoms with Gasteiger partial charge in [-0.15, -0.1) is 0 Å². The second-order valence-electron chi connectivity index (χ2n) is 10.6. The number of imidazole rings is 1. The van der Waals surface area contributed by atoms with Crippen LogP contribution >= 0.6 is 0 Å². The summed E-state index contributed by atoms with van der Waals surface area (Å²) in [6.45, 7) is 6.83. The molecule has 3 nitrogen and oxygen atoms in total. The zero-order valence-corrected chi connectivity index (χ0v) is 19.5. The predicted molar refractivity (Wildman–Crippen MR) is 128 cm³/mol. The SMILES string of the molecule is CCCC1(O)CCC2(CC)c3ccc(-c4nc5c([nH]4)=CC(C)CC=5)cc3CCCC2C1. The van der Waals surface area contributed by atoms with Gasteiger partial charge in [-0.05, 0) is 92.2 Å². The van der Waals surface area contributed by atoms with Crippen molar-refractivity contribution in [3.05, 3.63) is 40.0 Å². The molecular formula is C28H38N2O. The van der Waals surface area contributed by atoms with E-state index in [1.54, 1.807) is 5.56 Å². The number of nitrogens with one attached hydrogen (secondary N) is 1. The fourth-order valence-corrected chi connectivity index (χ4v) is 6.94. The highest BCUT2D eigenvalue weighted by Crippen LogP contribution is 2.54. The molecule has 5 rings (SSSR count). The lowest BCUT2D eigenvalue weighted by Gasteiger charge is -2.50. The van der Waals surface area contributed by atoms with Crippen molar-refractivity contribution in [1.82, 2.24) is 9.97 Å². The first-order valence-electron chi connectivity index (χ1n) is 12.6. The third-order valence-electron chi connectivity index (χ3n) is 8.60. The zero-order chi connectivity index (χ0) is 21.6. The molecular weight excluding hydrogens is 380 g/mol. The van der Waals surface area contributed by atoms with E-state index in [1.807, 2.05) is 0 Å². The molecule has 1 fully saturated rings. The lowest BCUT2D eigenvalue weighted by atomic mass is 9.56. The van der Waals surface area contributed by atoms with Gasteiger partial charge in [0.15, 0.2) is 0 Å². The zero-order valence-electron chi connectivity index (χ0n) is 19.5. The largest absolute Gasteiger partial charge is 0.390 e. The van der Waals surface area contributed by atoms with Crippen molar-refractivity contribution in [2.45, 2.75) is 96.0 Å². The number of benzene rings is 1. The first-order valence-corrected chi connectivity index (χ1v) is 12.6. The molecule has 166 valence electrons. The van der Waals surface area contributed by atoms with Crippen molar-refractivity contribution in [3.8, 4) is 11.4 Å². The number of aryl methyl sites for hydroxylation is 1. The summed E-state index contributed by atoms with van der Waals surface area (Å²) >= 11 is 0. The molecule has 1 aromatic carbocycles. The summed E-state index contributed by atoms with van der Waals surface area (Å²) in [6.07, 6.45) is 15.5. The summed E-state index contributed by atoms with van der Waals surface area (Å²) in [6, 6.07) is 7.11. The highest BCUT2D eigenvalue weighted by Gasteiger charge is 2.49. The van der Waals surface area contributed by atoms with Crippen molar-refractivity contribution in [2.75, 3.05) is 0 Å². The molecule has 0 spiro atoms. The van der Waals surface area contributed by atoms with Gasteiger partial charge >= 0.3 is 0 Å². The number of nitrogens with zero attached hydrogens (tertiary/aromatic N) is 1. The molecule has 1 heterocycles. The number of hydrogen-bond acceptors (Lipinski definition) is 2. The summed E-state index contributed by atoms with van der Waals surface area (Å²) < 4.78 is 0. The van der Waals surface area contributed by atoms with Gasteiger partial charge in [-0.1, -0.05) is 51.5 Å². The van der Waals surface area contributed by atoms with Gasteiger partial charge in [0.1, 0.15) is 5.82 Å². The van der Waals surface area contributed by atoms with Crippen LogP contribution in [0.25, 0.3) is 23.5 Å². The minimum Gasteiger partial charge on any atom is -0.390 e. The summed E-state index contributed by atoms with van der Waals surface area (Å²) in [5.41, 5.74) is 4.07. The first-order chi connectivity index (χ1) is 15.0. The van der Waals surface area contributed by atoms with Crippen LogP contribution in [0.1, 0.15) is 89.7 Å². The van der Waals surface area contributed by atoms with Crippen LogP contribution in [0.4, 0.5) is 0 Å². The average Bonchev–Trinajstić information content (AvgIpc) is 3.11. The van der Waals surface area contributed by atoms with E-state index in [4.69, 9.17) is 4.98 Å². The molecule has 3 heteroatoms. The second kappa shape index (κ2) is 7.92. The molecule has 3 aliphatic rings. The Balaban J connectivity index is 1.53. The van der Waals surface area contributed by atoms with Crippen LogP contribution in [-0.4, -0.2) is 20.7 Å². The Morgan fingerprint density at radius 3 is 2.90 bits per heavy atom. The number of aromatic nitrogens is 2. The van der Waals surface area contributed by atoms with Gasteiger partial charge in [-0.3, -0.25) is 0 Å². The predicted octanol–water partition coefficient (Wildman–Crippen LogP) is 4.99. The van der Waals surface area contributed by atoms with E-state index in [-0.39, 0.29) is 5.41 Å². The summed E-state index contributed by atoms with van der Waals surface area (Å²) in [4.78, 5) is 8.49. The Kier molecular flexibility index (Phi) is 5.37. The lowest BCUT2D eigenvalue weighted by molar-refractivity contribution is -0.0542. The van der Waals surface area contributed by atoms with E-state index in [2.05, 4.69) is 56.1 Å². The van der Waals surface area contributed by atoms with Crippen LogP contribution in [-0.2, 0) is 11.8 Å². The van der Waals surface area contributed by atoms with Gasteiger partial charge < -0.3 is 10.1 Å². The second-order valence-corrected chi connectivity index (χ2v) is 10.6. The maximum atomic E-state index is 11.2. The quantitative estimate of drug-likeness (QED) is 0.735. The van der Waals surface area contributed by atoms with E-state index >= 15 is 0 Å². The Labute approximate surface area is 186 Å². The molecule has 2 N–H and O–H groups in total. The Morgan fingerprint density at radius 2 is 2.10 bits per heavy atom. The maximum Gasteiger partial charge on any atom is 0.138 e. The van der Waals surface area contributed by atoms with E-state index in [1.165, 1.54) is 35.7 Å². The van der Waals surface area contributed by atoms with E-state index in [0.717, 1.165) is 56.1 Å². The highest BCUT2D eigenvalue weighted by atomic mass is 16.3. The normalized spacial score (nSPS) is 32.1. The smallest absolute Gasteiger partial charge is 0.138 e. The van der Waals surface area contributed by atoms with E-state index in [0.29, 0.717) is 11.8 Å². The minimum absolute atomic E-state index is 0.226. The maximum absolute atomic E-state index is 11.2. The van der Waals surface area contributed by atoms with E-state index < -0.39 is 5.60 Å². The number of hydrogen-bond donors (Lipinski definition) is 2. The molecule has 1 saturated carbocycles. The molecule has 1 aromatic heterocycles. The van der Waals surface area contributed by atoms with Gasteiger partial charge in [0.05, 0.1) is 16.3 Å². The van der Waals surface area contributed by atoms with Crippen molar-refractivity contribution in [3.63, 3.8) is 0 Å². The third-order valence-corrected chi connectivity index (χ3v) is 8.60. The highest BCUT2D eigenvalue weighted by molar-refractivity contribution is 5.59. The molecule has 0 aliphatic heterocycles. The molecule has 31 heavy (non-hydrogen) atoms. The van der Waals surface area contributed by atoms with Crippen LogP contribution in [0.5, 0.6) is 0 Å². The standard InChI is InChI=1S/C28H38N2O/c1-4-13-27(31)14-15-28(5-2)22(18-27)8-6-7-20-17-21(10-11-23(20)28)26-29-24-12-9-19(3)16-25(24)30-26/h10-12,16-17,19,22,31H,4-9,13-15,18H2,1-3H3,(H,29,30). The third kappa shape index (κ3) is 3.59. The summed E-state index contributed by atoms with van der Waals surface area (Å²) in [7, 11) is 0. The number of H-pyrrole nitrogens is 1. The van der Waals surface area contributed by atoms with Gasteiger partial charge in [-0.2, -0.15) is 0 Å². The molecule has 0 saturated heterocycles. The average molecular weight is 419 g/mol. The molecule has 2 aromatic rings. The topological polar surface area (TPSA) is 48.9 Å². The van der Waals surface area contributed by atoms with Crippen molar-refractivity contribution >= 4 is 12.2 Å². The molecule has 4 atom stereocenters. The van der Waals surface area contributed by atoms with Gasteiger partial charge in [0, 0.05) is 5.56 Å². The van der Waals surface area contributed by atoms with Crippen LogP contribution in [0.15, 0.2) is 18.2 Å². The van der Waals surface area contributed by atoms with Crippen LogP contribution in [0.2, 0.25) is 0 Å². The molecule has 3 aliphatic carbocycles. The molecule has 0 radical (unpaired) electrons. The fraction of sp³-hybridized carbons (Fsp3) is 0.607. The molecule has 0 amide bonds. The summed E-state index contributed by atoms with van der Waals surface area (Å²) in [5, 5.41) is 13.5. The molecule has 4 unspecified atom stereocenters. The number of aliphatic hydroxyl groups is 1. The number of aromatic amines is 1. The number of rotatable bonds is 4. The monoisotopic (exact) mass is 418 g/mol. The van der Waals surface area contributed by atoms with Crippen molar-refractivity contribution in [1.29, 1.82) is 0 Å². The summed E-state index contributed by atoms with van der Waals surface area (Å²) in [5.74, 6) is 2.17. The lowest BCUT2D eigenvalue weighted by Crippen LogP contribution is -2.47. The van der Waals surface area contributed by atoms with Crippen LogP contribution in [0.3, 0.4) is 0 Å². The van der Waals surface area contributed by atoms with E-state index in [9.17, 15) is 5.11 Å². The number of fused-ring (bicyclic) bond motifs is 4. The van der Waals surface area contributed by atoms with Crippen LogP contribution in [0, 0.1) is 11.8 Å². The van der Waals surface area contributed by atoms with Crippen molar-refractivity contribution < 1.29 is 5.11 Å². The van der Waals surface area contributed by atoms with Gasteiger partial charge in [-0.25, -0.2) is 4.98 Å². The Morgan fingerprint density at radius 1 is 1.23 bits per heavy atom. The van der Waals surface area contributed by atoms with Crippen LogP contribution < -0.4 is 10.7 Å². The van der Waals surface area contributed by atoms with Gasteiger partial charge in [0.2, 0.25) is 0 Å². The van der Waals surface area contributed by atoms with Crippen molar-refractivity contribution in [2.24, 2.45) is 11.8 Å². The Bertz CT molecular complexity index is 1080. The Hall–Kier alpha value is -1.87. The van der Waals surface area contributed by atoms with Gasteiger partial charge in [0.25, 0.3) is 0 Å². The molecule has 0 bridgehead atoms. The fourth-order valence-electron chi connectivity index (χ4n) is 6.94.